The predicted octanol–water partition coefficient (Wildman–Crippen LogP) is 1.99. The zero-order valence-corrected chi connectivity index (χ0v) is 14.5. The second-order valence-electron chi connectivity index (χ2n) is 6.22. The van der Waals surface area contributed by atoms with Gasteiger partial charge in [0.1, 0.15) is 5.76 Å². The van der Waals surface area contributed by atoms with Crippen molar-refractivity contribution in [3.63, 3.8) is 0 Å². The van der Waals surface area contributed by atoms with Crippen molar-refractivity contribution < 1.29 is 9.21 Å². The van der Waals surface area contributed by atoms with Crippen LogP contribution in [-0.4, -0.2) is 51.7 Å². The molecule has 0 atom stereocenters. The van der Waals surface area contributed by atoms with E-state index in [1.54, 1.807) is 18.4 Å². The molecule has 2 aromatic heterocycles. The molecule has 0 saturated carbocycles. The average molecular weight is 328 g/mol. The molecule has 1 fully saturated rings. The number of rotatable bonds is 4. The molecule has 1 aliphatic rings. The monoisotopic (exact) mass is 328 g/mol. The van der Waals surface area contributed by atoms with E-state index in [0.29, 0.717) is 5.76 Å². The maximum atomic E-state index is 12.2. The second kappa shape index (κ2) is 7.05. The van der Waals surface area contributed by atoms with Crippen LogP contribution < -0.4 is 0 Å². The average Bonchev–Trinajstić information content (AvgIpc) is 3.18. The van der Waals surface area contributed by atoms with Crippen LogP contribution in [0.1, 0.15) is 22.7 Å². The number of aryl methyl sites for hydroxylation is 2. The fourth-order valence-electron chi connectivity index (χ4n) is 3.04. The number of aromatic nitrogens is 2. The quantitative estimate of drug-likeness (QED) is 0.806. The van der Waals surface area contributed by atoms with E-state index >= 15 is 0 Å². The zero-order valence-electron chi connectivity index (χ0n) is 14.5. The lowest BCUT2D eigenvalue weighted by atomic mass is 10.1. The van der Waals surface area contributed by atoms with Gasteiger partial charge in [0.2, 0.25) is 5.91 Å². The summed E-state index contributed by atoms with van der Waals surface area (Å²) in [6, 6.07) is 3.64. The molecule has 1 saturated heterocycles. The van der Waals surface area contributed by atoms with E-state index in [-0.39, 0.29) is 5.91 Å². The van der Waals surface area contributed by atoms with Crippen molar-refractivity contribution in [3.8, 4) is 0 Å². The molecule has 6 heteroatoms. The van der Waals surface area contributed by atoms with E-state index in [0.717, 1.165) is 38.4 Å². The van der Waals surface area contributed by atoms with Crippen LogP contribution in [0.25, 0.3) is 6.08 Å². The first-order valence-electron chi connectivity index (χ1n) is 8.26. The molecule has 3 heterocycles. The fraction of sp³-hybridized carbons (Fsp3) is 0.444. The maximum absolute atomic E-state index is 12.2. The number of carbonyl (C=O) groups excluding carboxylic acids is 1. The fourth-order valence-corrected chi connectivity index (χ4v) is 3.04. The topological polar surface area (TPSA) is 54.5 Å². The van der Waals surface area contributed by atoms with Gasteiger partial charge >= 0.3 is 0 Å². The summed E-state index contributed by atoms with van der Waals surface area (Å²) in [5.41, 5.74) is 3.61. The van der Waals surface area contributed by atoms with E-state index in [2.05, 4.69) is 23.8 Å². The van der Waals surface area contributed by atoms with Crippen LogP contribution in [0, 0.1) is 13.8 Å². The molecule has 128 valence electrons. The van der Waals surface area contributed by atoms with Crippen LogP contribution >= 0.6 is 0 Å². The summed E-state index contributed by atoms with van der Waals surface area (Å²) in [5, 5.41) is 4.48. The van der Waals surface area contributed by atoms with Gasteiger partial charge in [0.25, 0.3) is 0 Å². The van der Waals surface area contributed by atoms with Gasteiger partial charge in [0, 0.05) is 57.1 Å². The molecule has 2 aromatic rings. The largest absolute Gasteiger partial charge is 0.465 e. The molecule has 1 aliphatic heterocycles. The van der Waals surface area contributed by atoms with Gasteiger partial charge < -0.3 is 9.32 Å². The normalized spacial score (nSPS) is 16.2. The van der Waals surface area contributed by atoms with Gasteiger partial charge in [0.05, 0.1) is 12.0 Å². The SMILES string of the molecule is Cc1nn(C)c(C)c1CN1CCN(C(=O)C=Cc2ccco2)CC1. The molecular formula is C18H24N4O2. The molecule has 0 N–H and O–H groups in total. The lowest BCUT2D eigenvalue weighted by Crippen LogP contribution is -2.47. The van der Waals surface area contributed by atoms with Gasteiger partial charge in [-0.1, -0.05) is 0 Å². The maximum Gasteiger partial charge on any atom is 0.246 e. The third kappa shape index (κ3) is 3.59. The third-order valence-corrected chi connectivity index (χ3v) is 4.66. The molecule has 0 spiro atoms. The van der Waals surface area contributed by atoms with E-state index in [1.165, 1.54) is 11.3 Å². The smallest absolute Gasteiger partial charge is 0.246 e. The number of piperazine rings is 1. The van der Waals surface area contributed by atoms with E-state index in [4.69, 9.17) is 4.42 Å². The standard InChI is InChI=1S/C18H24N4O2/c1-14-17(15(2)20(3)19-14)13-21-8-10-22(11-9-21)18(23)7-6-16-5-4-12-24-16/h4-7,12H,8-11,13H2,1-3H3. The molecule has 0 bridgehead atoms. The molecule has 24 heavy (non-hydrogen) atoms. The van der Waals surface area contributed by atoms with Crippen LogP contribution in [0.4, 0.5) is 0 Å². The molecule has 0 radical (unpaired) electrons. The lowest BCUT2D eigenvalue weighted by molar-refractivity contribution is -0.127. The van der Waals surface area contributed by atoms with E-state index in [9.17, 15) is 4.79 Å². The Kier molecular flexibility index (Phi) is 4.85. The molecule has 0 unspecified atom stereocenters. The minimum Gasteiger partial charge on any atom is -0.465 e. The van der Waals surface area contributed by atoms with Gasteiger partial charge in [-0.2, -0.15) is 5.10 Å². The Bertz CT molecular complexity index is 723. The van der Waals surface area contributed by atoms with E-state index < -0.39 is 0 Å². The molecule has 6 nitrogen and oxygen atoms in total. The van der Waals surface area contributed by atoms with Crippen LogP contribution in [0.2, 0.25) is 0 Å². The third-order valence-electron chi connectivity index (χ3n) is 4.66. The molecule has 3 rings (SSSR count). The Hall–Kier alpha value is -2.34. The summed E-state index contributed by atoms with van der Waals surface area (Å²) in [4.78, 5) is 16.5. The van der Waals surface area contributed by atoms with Crippen molar-refractivity contribution in [3.05, 3.63) is 47.2 Å². The molecule has 1 amide bonds. The summed E-state index contributed by atoms with van der Waals surface area (Å²) in [6.45, 7) is 8.33. The molecular weight excluding hydrogens is 304 g/mol. The van der Waals surface area contributed by atoms with Crippen molar-refractivity contribution >= 4 is 12.0 Å². The first-order chi connectivity index (χ1) is 11.5. The van der Waals surface area contributed by atoms with Gasteiger partial charge in [-0.15, -0.1) is 0 Å². The first-order valence-corrected chi connectivity index (χ1v) is 8.26. The van der Waals surface area contributed by atoms with Crippen molar-refractivity contribution in [1.82, 2.24) is 19.6 Å². The highest BCUT2D eigenvalue weighted by Crippen LogP contribution is 2.16. The zero-order chi connectivity index (χ0) is 17.1. The Balaban J connectivity index is 1.53. The van der Waals surface area contributed by atoms with Crippen LogP contribution in [0.15, 0.2) is 28.9 Å². The summed E-state index contributed by atoms with van der Waals surface area (Å²) in [6.07, 6.45) is 4.91. The summed E-state index contributed by atoms with van der Waals surface area (Å²) in [7, 11) is 1.98. The highest BCUT2D eigenvalue weighted by atomic mass is 16.3. The number of nitrogens with zero attached hydrogens (tertiary/aromatic N) is 4. The minimum absolute atomic E-state index is 0.0415. The second-order valence-corrected chi connectivity index (χ2v) is 6.22. The van der Waals surface area contributed by atoms with Crippen molar-refractivity contribution in [2.45, 2.75) is 20.4 Å². The Labute approximate surface area is 142 Å². The lowest BCUT2D eigenvalue weighted by Gasteiger charge is -2.34. The van der Waals surface area contributed by atoms with Gasteiger partial charge in [-0.05, 0) is 32.1 Å². The summed E-state index contributed by atoms with van der Waals surface area (Å²) in [5.74, 6) is 0.740. The number of hydrogen-bond donors (Lipinski definition) is 0. The number of carbonyl (C=O) groups is 1. The van der Waals surface area contributed by atoms with Crippen LogP contribution in [0.3, 0.4) is 0 Å². The summed E-state index contributed by atoms with van der Waals surface area (Å²) >= 11 is 0. The van der Waals surface area contributed by atoms with E-state index in [1.807, 2.05) is 28.8 Å². The molecule has 0 aliphatic carbocycles. The Morgan fingerprint density at radius 1 is 1.29 bits per heavy atom. The van der Waals surface area contributed by atoms with Gasteiger partial charge in [-0.25, -0.2) is 0 Å². The van der Waals surface area contributed by atoms with Crippen molar-refractivity contribution in [2.75, 3.05) is 26.2 Å². The van der Waals surface area contributed by atoms with Crippen molar-refractivity contribution in [2.24, 2.45) is 7.05 Å². The summed E-state index contributed by atoms with van der Waals surface area (Å²) < 4.78 is 7.14. The Morgan fingerprint density at radius 3 is 2.62 bits per heavy atom. The first kappa shape index (κ1) is 16.5. The van der Waals surface area contributed by atoms with Crippen LogP contribution in [-0.2, 0) is 18.4 Å². The Morgan fingerprint density at radius 2 is 2.04 bits per heavy atom. The highest BCUT2D eigenvalue weighted by molar-refractivity contribution is 5.91. The van der Waals surface area contributed by atoms with Crippen LogP contribution in [0.5, 0.6) is 0 Å². The van der Waals surface area contributed by atoms with Crippen molar-refractivity contribution in [1.29, 1.82) is 0 Å². The number of furan rings is 1. The molecule has 0 aromatic carbocycles. The highest BCUT2D eigenvalue weighted by Gasteiger charge is 2.21. The predicted molar refractivity (Wildman–Crippen MR) is 92.3 cm³/mol. The minimum atomic E-state index is 0.0415. The number of amides is 1. The van der Waals surface area contributed by atoms with Gasteiger partial charge in [0.15, 0.2) is 0 Å². The van der Waals surface area contributed by atoms with Gasteiger partial charge in [-0.3, -0.25) is 14.4 Å². The number of hydrogen-bond acceptors (Lipinski definition) is 4.